The van der Waals surface area contributed by atoms with Gasteiger partial charge in [-0.15, -0.1) is 6.58 Å². The molecule has 0 atom stereocenters. The summed E-state index contributed by atoms with van der Waals surface area (Å²) in [5.41, 5.74) is 2.21. The van der Waals surface area contributed by atoms with Gasteiger partial charge in [0.25, 0.3) is 0 Å². The van der Waals surface area contributed by atoms with Crippen LogP contribution < -0.4 is 0 Å². The normalized spacial score (nSPS) is 14.0. The third-order valence-corrected chi connectivity index (χ3v) is 2.48. The molecule has 1 heterocycles. The molecule has 14 heavy (non-hydrogen) atoms. The summed E-state index contributed by atoms with van der Waals surface area (Å²) >= 11 is 0. The smallest absolute Gasteiger partial charge is 0.354 e. The van der Waals surface area contributed by atoms with Gasteiger partial charge < -0.3 is 5.11 Å². The summed E-state index contributed by atoms with van der Waals surface area (Å²) in [6.07, 6.45) is 4.43. The van der Waals surface area contributed by atoms with Gasteiger partial charge in [0.05, 0.1) is 12.2 Å². The van der Waals surface area contributed by atoms with Gasteiger partial charge in [-0.3, -0.25) is 4.68 Å². The van der Waals surface area contributed by atoms with Crippen molar-refractivity contribution >= 4 is 5.97 Å². The average molecular weight is 192 g/mol. The number of rotatable bonds is 3. The number of nitrogens with zero attached hydrogens (tertiary/aromatic N) is 2. The number of hydrogen-bond donors (Lipinski definition) is 1. The number of aromatic carboxylic acids is 1. The first-order valence-electron chi connectivity index (χ1n) is 4.66. The molecule has 74 valence electrons. The molecule has 0 saturated heterocycles. The first kappa shape index (κ1) is 8.99. The van der Waals surface area contributed by atoms with E-state index in [1.807, 2.05) is 0 Å². The molecule has 0 fully saturated rings. The lowest BCUT2D eigenvalue weighted by Crippen LogP contribution is -2.11. The summed E-state index contributed by atoms with van der Waals surface area (Å²) in [6, 6.07) is 0. The Balaban J connectivity index is 2.50. The number of carboxylic acid groups (broad SMARTS) is 1. The van der Waals surface area contributed by atoms with E-state index in [-0.39, 0.29) is 0 Å². The summed E-state index contributed by atoms with van der Waals surface area (Å²) in [4.78, 5) is 11.0. The van der Waals surface area contributed by atoms with E-state index in [2.05, 4.69) is 11.7 Å². The van der Waals surface area contributed by atoms with Gasteiger partial charge in [0.1, 0.15) is 5.69 Å². The molecule has 1 aromatic heterocycles. The van der Waals surface area contributed by atoms with Crippen LogP contribution in [0, 0.1) is 0 Å². The molecule has 0 radical (unpaired) electrons. The molecular weight excluding hydrogens is 180 g/mol. The van der Waals surface area contributed by atoms with Gasteiger partial charge in [-0.05, 0) is 19.3 Å². The maximum Gasteiger partial charge on any atom is 0.354 e. The molecule has 1 aliphatic carbocycles. The first-order chi connectivity index (χ1) is 6.74. The van der Waals surface area contributed by atoms with Gasteiger partial charge in [-0.25, -0.2) is 4.79 Å². The summed E-state index contributed by atoms with van der Waals surface area (Å²) in [5, 5.41) is 13.3. The van der Waals surface area contributed by atoms with Crippen LogP contribution >= 0.6 is 0 Å². The van der Waals surface area contributed by atoms with Gasteiger partial charge in [-0.1, -0.05) is 6.08 Å². The van der Waals surface area contributed by atoms with Crippen molar-refractivity contribution in [3.05, 3.63) is 29.6 Å². The van der Waals surface area contributed by atoms with E-state index < -0.39 is 5.97 Å². The van der Waals surface area contributed by atoms with Crippen LogP contribution in [0.2, 0.25) is 0 Å². The van der Waals surface area contributed by atoms with Crippen molar-refractivity contribution < 1.29 is 9.90 Å². The Kier molecular flexibility index (Phi) is 2.11. The molecule has 2 rings (SSSR count). The summed E-state index contributed by atoms with van der Waals surface area (Å²) in [6.45, 7) is 4.05. The van der Waals surface area contributed by atoms with Crippen molar-refractivity contribution in [2.75, 3.05) is 0 Å². The largest absolute Gasteiger partial charge is 0.477 e. The zero-order valence-corrected chi connectivity index (χ0v) is 7.86. The Morgan fingerprint density at radius 3 is 3.07 bits per heavy atom. The van der Waals surface area contributed by atoms with Crippen LogP contribution in [0.25, 0.3) is 0 Å². The second-order valence-electron chi connectivity index (χ2n) is 3.40. The average Bonchev–Trinajstić information content (AvgIpc) is 2.62. The molecule has 1 aliphatic rings. The van der Waals surface area contributed by atoms with E-state index in [9.17, 15) is 4.79 Å². The molecule has 1 N–H and O–H groups in total. The van der Waals surface area contributed by atoms with E-state index in [0.717, 1.165) is 30.5 Å². The van der Waals surface area contributed by atoms with Gasteiger partial charge in [0, 0.05) is 5.56 Å². The zero-order chi connectivity index (χ0) is 10.1. The zero-order valence-electron chi connectivity index (χ0n) is 7.86. The van der Waals surface area contributed by atoms with Gasteiger partial charge in [-0.2, -0.15) is 5.10 Å². The first-order valence-corrected chi connectivity index (χ1v) is 4.66. The molecular formula is C10H12N2O2. The van der Waals surface area contributed by atoms with Crippen molar-refractivity contribution in [1.29, 1.82) is 0 Å². The predicted octanol–water partition coefficient (Wildman–Crippen LogP) is 1.26. The van der Waals surface area contributed by atoms with Crippen LogP contribution in [0.1, 0.15) is 28.2 Å². The third-order valence-electron chi connectivity index (χ3n) is 2.48. The number of hydrogen-bond acceptors (Lipinski definition) is 2. The summed E-state index contributed by atoms with van der Waals surface area (Å²) < 4.78 is 1.53. The Hall–Kier alpha value is -1.58. The molecule has 4 nitrogen and oxygen atoms in total. The lowest BCUT2D eigenvalue weighted by molar-refractivity contribution is 0.0683. The minimum atomic E-state index is -0.887. The molecule has 1 aromatic rings. The van der Waals surface area contributed by atoms with Crippen molar-refractivity contribution in [2.45, 2.75) is 25.8 Å². The standard InChI is InChI=1S/C10H12N2O2/c1-2-6-12-9(10(13)14)7-4-3-5-8(7)11-12/h2H,1,3-6H2,(H,13,14). The van der Waals surface area contributed by atoms with Crippen LogP contribution in [0.5, 0.6) is 0 Å². The van der Waals surface area contributed by atoms with Gasteiger partial charge in [0.15, 0.2) is 0 Å². The van der Waals surface area contributed by atoms with Crippen molar-refractivity contribution in [1.82, 2.24) is 9.78 Å². The second-order valence-corrected chi connectivity index (χ2v) is 3.40. The van der Waals surface area contributed by atoms with E-state index in [1.165, 1.54) is 4.68 Å². The SMILES string of the molecule is C=CCn1nc2c(c1C(=O)O)CCC2. The molecule has 0 aromatic carbocycles. The minimum Gasteiger partial charge on any atom is -0.477 e. The number of carbonyl (C=O) groups is 1. The van der Waals surface area contributed by atoms with Crippen LogP contribution in [-0.2, 0) is 19.4 Å². The summed E-state index contributed by atoms with van der Waals surface area (Å²) in [7, 11) is 0. The van der Waals surface area contributed by atoms with E-state index in [0.29, 0.717) is 12.2 Å². The number of allylic oxidation sites excluding steroid dienone is 1. The molecule has 0 bridgehead atoms. The molecule has 0 saturated carbocycles. The van der Waals surface area contributed by atoms with Crippen molar-refractivity contribution in [2.24, 2.45) is 0 Å². The molecule has 0 amide bonds. The monoisotopic (exact) mass is 192 g/mol. The highest BCUT2D eigenvalue weighted by molar-refractivity contribution is 5.88. The van der Waals surface area contributed by atoms with Crippen LogP contribution in [0.3, 0.4) is 0 Å². The molecule has 0 unspecified atom stereocenters. The Labute approximate surface area is 81.9 Å². The predicted molar refractivity (Wildman–Crippen MR) is 51.4 cm³/mol. The highest BCUT2D eigenvalue weighted by Gasteiger charge is 2.25. The minimum absolute atomic E-state index is 0.345. The van der Waals surface area contributed by atoms with E-state index >= 15 is 0 Å². The molecule has 0 aliphatic heterocycles. The Morgan fingerprint density at radius 2 is 2.43 bits per heavy atom. The quantitative estimate of drug-likeness (QED) is 0.733. The topological polar surface area (TPSA) is 55.1 Å². The summed E-state index contributed by atoms with van der Waals surface area (Å²) in [5.74, 6) is -0.887. The van der Waals surface area contributed by atoms with E-state index in [1.54, 1.807) is 6.08 Å². The lowest BCUT2D eigenvalue weighted by atomic mass is 10.2. The maximum atomic E-state index is 11.0. The van der Waals surface area contributed by atoms with Crippen LogP contribution in [0.15, 0.2) is 12.7 Å². The molecule has 0 spiro atoms. The Bertz CT molecular complexity index is 393. The van der Waals surface area contributed by atoms with E-state index in [4.69, 9.17) is 5.11 Å². The number of carboxylic acids is 1. The van der Waals surface area contributed by atoms with Crippen molar-refractivity contribution in [3.8, 4) is 0 Å². The van der Waals surface area contributed by atoms with Gasteiger partial charge >= 0.3 is 5.97 Å². The van der Waals surface area contributed by atoms with Crippen LogP contribution in [-0.4, -0.2) is 20.9 Å². The Morgan fingerprint density at radius 1 is 1.64 bits per heavy atom. The number of fused-ring (bicyclic) bond motifs is 1. The fraction of sp³-hybridized carbons (Fsp3) is 0.400. The second kappa shape index (κ2) is 3.29. The maximum absolute atomic E-state index is 11.0. The fourth-order valence-electron chi connectivity index (χ4n) is 1.94. The highest BCUT2D eigenvalue weighted by Crippen LogP contribution is 2.24. The lowest BCUT2D eigenvalue weighted by Gasteiger charge is -2.01. The van der Waals surface area contributed by atoms with Gasteiger partial charge in [0.2, 0.25) is 0 Å². The third kappa shape index (κ3) is 1.23. The van der Waals surface area contributed by atoms with Crippen molar-refractivity contribution in [3.63, 3.8) is 0 Å². The highest BCUT2D eigenvalue weighted by atomic mass is 16.4. The number of aromatic nitrogens is 2. The van der Waals surface area contributed by atoms with Crippen LogP contribution in [0.4, 0.5) is 0 Å². The number of aryl methyl sites for hydroxylation is 1. The fourth-order valence-corrected chi connectivity index (χ4v) is 1.94. The molecule has 4 heteroatoms.